The Morgan fingerprint density at radius 2 is 1.85 bits per heavy atom. The zero-order valence-electron chi connectivity index (χ0n) is 8.83. The molecule has 1 saturated heterocycles. The fourth-order valence-corrected chi connectivity index (χ4v) is 1.71. The molecule has 0 bridgehead atoms. The van der Waals surface area contributed by atoms with E-state index in [4.69, 9.17) is 10.5 Å². The quantitative estimate of drug-likeness (QED) is 0.691. The number of hydrogen-bond acceptors (Lipinski definition) is 3. The number of likely N-dealkylation sites (tertiary alicyclic amines) is 1. The van der Waals surface area contributed by atoms with Crippen LogP contribution in [0.5, 0.6) is 0 Å². The Kier molecular flexibility index (Phi) is 4.70. The van der Waals surface area contributed by atoms with Gasteiger partial charge in [-0.25, -0.2) is 0 Å². The summed E-state index contributed by atoms with van der Waals surface area (Å²) in [6.45, 7) is 8.18. The van der Waals surface area contributed by atoms with Crippen LogP contribution in [-0.2, 0) is 4.74 Å². The van der Waals surface area contributed by atoms with Crippen molar-refractivity contribution in [3.05, 3.63) is 0 Å². The first-order valence-electron chi connectivity index (χ1n) is 5.27. The van der Waals surface area contributed by atoms with E-state index in [9.17, 15) is 0 Å². The Morgan fingerprint density at radius 3 is 2.38 bits per heavy atom. The Hall–Kier alpha value is -0.120. The molecule has 78 valence electrons. The second-order valence-corrected chi connectivity index (χ2v) is 4.11. The lowest BCUT2D eigenvalue weighted by Crippen LogP contribution is -2.35. The highest BCUT2D eigenvalue weighted by molar-refractivity contribution is 4.72. The van der Waals surface area contributed by atoms with Gasteiger partial charge in [0.25, 0.3) is 0 Å². The molecular weight excluding hydrogens is 164 g/mol. The van der Waals surface area contributed by atoms with E-state index in [1.165, 1.54) is 25.9 Å². The van der Waals surface area contributed by atoms with Crippen molar-refractivity contribution in [3.8, 4) is 0 Å². The molecule has 0 aromatic heterocycles. The second kappa shape index (κ2) is 5.58. The number of rotatable bonds is 5. The molecule has 0 aromatic carbocycles. The Bertz CT molecular complexity index is 133. The molecule has 1 heterocycles. The first kappa shape index (κ1) is 11.0. The van der Waals surface area contributed by atoms with Crippen LogP contribution in [0.2, 0.25) is 0 Å². The van der Waals surface area contributed by atoms with Crippen LogP contribution < -0.4 is 5.73 Å². The van der Waals surface area contributed by atoms with Crippen molar-refractivity contribution in [2.24, 2.45) is 5.73 Å². The molecule has 1 aliphatic heterocycles. The maximum absolute atomic E-state index is 5.59. The maximum atomic E-state index is 5.59. The number of nitrogens with two attached hydrogens (primary N) is 1. The standard InChI is InChI=1S/C10H22N2O/c1-9(11)7-13-8-10(2)12-5-3-4-6-12/h9-10H,3-8,11H2,1-2H3. The highest BCUT2D eigenvalue weighted by Gasteiger charge is 2.17. The van der Waals surface area contributed by atoms with E-state index in [2.05, 4.69) is 11.8 Å². The molecule has 3 heteroatoms. The number of nitrogens with zero attached hydrogens (tertiary/aromatic N) is 1. The summed E-state index contributed by atoms with van der Waals surface area (Å²) >= 11 is 0. The summed E-state index contributed by atoms with van der Waals surface area (Å²) in [5.41, 5.74) is 5.59. The zero-order chi connectivity index (χ0) is 9.68. The van der Waals surface area contributed by atoms with E-state index in [1.54, 1.807) is 0 Å². The van der Waals surface area contributed by atoms with E-state index >= 15 is 0 Å². The van der Waals surface area contributed by atoms with E-state index < -0.39 is 0 Å². The average Bonchev–Trinajstić information content (AvgIpc) is 2.55. The fourth-order valence-electron chi connectivity index (χ4n) is 1.71. The van der Waals surface area contributed by atoms with Crippen molar-refractivity contribution in [2.45, 2.75) is 38.8 Å². The van der Waals surface area contributed by atoms with Gasteiger partial charge in [-0.2, -0.15) is 0 Å². The molecule has 1 rings (SSSR count). The summed E-state index contributed by atoms with van der Waals surface area (Å²) in [7, 11) is 0. The summed E-state index contributed by atoms with van der Waals surface area (Å²) in [5, 5.41) is 0. The van der Waals surface area contributed by atoms with Gasteiger partial charge in [-0.15, -0.1) is 0 Å². The normalized spacial score (nSPS) is 23.3. The lowest BCUT2D eigenvalue weighted by atomic mass is 10.3. The summed E-state index contributed by atoms with van der Waals surface area (Å²) in [5.74, 6) is 0. The summed E-state index contributed by atoms with van der Waals surface area (Å²) in [6.07, 6.45) is 2.69. The SMILES string of the molecule is CC(N)COCC(C)N1CCCC1. The minimum Gasteiger partial charge on any atom is -0.378 e. The first-order chi connectivity index (χ1) is 6.20. The molecule has 2 N–H and O–H groups in total. The lowest BCUT2D eigenvalue weighted by molar-refractivity contribution is 0.0705. The minimum absolute atomic E-state index is 0.158. The Balaban J connectivity index is 2.06. The van der Waals surface area contributed by atoms with Crippen LogP contribution in [0.4, 0.5) is 0 Å². The third-order valence-corrected chi connectivity index (χ3v) is 2.50. The van der Waals surface area contributed by atoms with E-state index in [-0.39, 0.29) is 6.04 Å². The molecule has 0 radical (unpaired) electrons. The van der Waals surface area contributed by atoms with Crippen molar-refractivity contribution in [2.75, 3.05) is 26.3 Å². The van der Waals surface area contributed by atoms with Crippen LogP contribution in [0.3, 0.4) is 0 Å². The van der Waals surface area contributed by atoms with Gasteiger partial charge in [0, 0.05) is 12.1 Å². The monoisotopic (exact) mass is 186 g/mol. The topological polar surface area (TPSA) is 38.5 Å². The molecule has 0 amide bonds. The van der Waals surface area contributed by atoms with Gasteiger partial charge in [0.2, 0.25) is 0 Å². The molecule has 0 aliphatic carbocycles. The molecule has 3 nitrogen and oxygen atoms in total. The summed E-state index contributed by atoms with van der Waals surface area (Å²) in [6, 6.07) is 0.715. The van der Waals surface area contributed by atoms with Gasteiger partial charge >= 0.3 is 0 Å². The van der Waals surface area contributed by atoms with Crippen LogP contribution >= 0.6 is 0 Å². The first-order valence-corrected chi connectivity index (χ1v) is 5.27. The lowest BCUT2D eigenvalue weighted by Gasteiger charge is -2.23. The molecule has 2 atom stereocenters. The van der Waals surface area contributed by atoms with Crippen LogP contribution in [0.25, 0.3) is 0 Å². The van der Waals surface area contributed by atoms with Crippen LogP contribution in [0.15, 0.2) is 0 Å². The fraction of sp³-hybridized carbons (Fsp3) is 1.00. The maximum Gasteiger partial charge on any atom is 0.0619 e. The van der Waals surface area contributed by atoms with E-state index in [0.29, 0.717) is 12.6 Å². The van der Waals surface area contributed by atoms with Crippen LogP contribution in [0.1, 0.15) is 26.7 Å². The number of hydrogen-bond donors (Lipinski definition) is 1. The van der Waals surface area contributed by atoms with Gasteiger partial charge in [0.1, 0.15) is 0 Å². The van der Waals surface area contributed by atoms with Gasteiger partial charge in [-0.05, 0) is 39.8 Å². The van der Waals surface area contributed by atoms with Crippen molar-refractivity contribution < 1.29 is 4.74 Å². The van der Waals surface area contributed by atoms with Crippen LogP contribution in [-0.4, -0.2) is 43.3 Å². The van der Waals surface area contributed by atoms with Crippen molar-refractivity contribution in [1.29, 1.82) is 0 Å². The molecular formula is C10H22N2O. The predicted molar refractivity (Wildman–Crippen MR) is 54.7 cm³/mol. The molecule has 0 aromatic rings. The molecule has 0 saturated carbocycles. The summed E-state index contributed by atoms with van der Waals surface area (Å²) < 4.78 is 5.50. The molecule has 1 aliphatic rings. The minimum atomic E-state index is 0.158. The van der Waals surface area contributed by atoms with Crippen molar-refractivity contribution >= 4 is 0 Å². The van der Waals surface area contributed by atoms with Gasteiger partial charge in [0.05, 0.1) is 13.2 Å². The highest BCUT2D eigenvalue weighted by atomic mass is 16.5. The summed E-state index contributed by atoms with van der Waals surface area (Å²) in [4.78, 5) is 2.49. The Morgan fingerprint density at radius 1 is 1.23 bits per heavy atom. The van der Waals surface area contributed by atoms with Crippen molar-refractivity contribution in [3.63, 3.8) is 0 Å². The molecule has 1 fully saturated rings. The van der Waals surface area contributed by atoms with Crippen molar-refractivity contribution in [1.82, 2.24) is 4.90 Å². The second-order valence-electron chi connectivity index (χ2n) is 4.11. The third kappa shape index (κ3) is 4.07. The van der Waals surface area contributed by atoms with Gasteiger partial charge in [0.15, 0.2) is 0 Å². The molecule has 0 spiro atoms. The van der Waals surface area contributed by atoms with E-state index in [0.717, 1.165) is 6.61 Å². The number of ether oxygens (including phenoxy) is 1. The van der Waals surface area contributed by atoms with Gasteiger partial charge in [-0.1, -0.05) is 0 Å². The average molecular weight is 186 g/mol. The smallest absolute Gasteiger partial charge is 0.0619 e. The Labute approximate surface area is 81.2 Å². The molecule has 2 unspecified atom stereocenters. The zero-order valence-corrected chi connectivity index (χ0v) is 8.83. The van der Waals surface area contributed by atoms with Crippen LogP contribution in [0, 0.1) is 0 Å². The third-order valence-electron chi connectivity index (χ3n) is 2.50. The highest BCUT2D eigenvalue weighted by Crippen LogP contribution is 2.11. The van der Waals surface area contributed by atoms with Gasteiger partial charge in [-0.3, -0.25) is 4.90 Å². The molecule has 13 heavy (non-hydrogen) atoms. The largest absolute Gasteiger partial charge is 0.378 e. The van der Waals surface area contributed by atoms with E-state index in [1.807, 2.05) is 6.92 Å². The predicted octanol–water partition coefficient (Wildman–Crippen LogP) is 0.834. The van der Waals surface area contributed by atoms with Gasteiger partial charge < -0.3 is 10.5 Å².